The van der Waals surface area contributed by atoms with Crippen LogP contribution in [0.2, 0.25) is 0 Å². The summed E-state index contributed by atoms with van der Waals surface area (Å²) in [5.74, 6) is 1.12. The number of aromatic nitrogens is 3. The monoisotopic (exact) mass is 275 g/mol. The lowest BCUT2D eigenvalue weighted by Crippen LogP contribution is -2.01. The molecule has 0 fully saturated rings. The van der Waals surface area contributed by atoms with Gasteiger partial charge in [0.15, 0.2) is 0 Å². The predicted molar refractivity (Wildman–Crippen MR) is 84.8 cm³/mol. The van der Waals surface area contributed by atoms with Crippen LogP contribution in [-0.2, 0) is 0 Å². The van der Waals surface area contributed by atoms with Gasteiger partial charge in [0.05, 0.1) is 17.1 Å². The molecule has 0 radical (unpaired) electrons. The van der Waals surface area contributed by atoms with Gasteiger partial charge < -0.3 is 0 Å². The first-order valence-electron chi connectivity index (χ1n) is 7.10. The topological polar surface area (TPSA) is 38.7 Å². The summed E-state index contributed by atoms with van der Waals surface area (Å²) in [5.41, 5.74) is 3.78. The zero-order valence-corrected chi connectivity index (χ0v) is 12.2. The van der Waals surface area contributed by atoms with E-state index in [2.05, 4.69) is 40.9 Å². The third kappa shape index (κ3) is 2.97. The molecule has 0 amide bonds. The molecule has 0 spiro atoms. The van der Waals surface area contributed by atoms with Gasteiger partial charge in [0.1, 0.15) is 5.82 Å². The van der Waals surface area contributed by atoms with E-state index in [1.54, 1.807) is 6.20 Å². The van der Waals surface area contributed by atoms with Gasteiger partial charge in [-0.05, 0) is 18.2 Å². The van der Waals surface area contributed by atoms with Crippen LogP contribution in [0.4, 0.5) is 0 Å². The maximum absolute atomic E-state index is 4.69. The Morgan fingerprint density at radius 2 is 1.48 bits per heavy atom. The fourth-order valence-electron chi connectivity index (χ4n) is 2.13. The number of pyridine rings is 1. The Labute approximate surface area is 124 Å². The molecule has 21 heavy (non-hydrogen) atoms. The summed E-state index contributed by atoms with van der Waals surface area (Å²) in [6, 6.07) is 18.0. The highest BCUT2D eigenvalue weighted by Crippen LogP contribution is 2.24. The molecule has 0 aliphatic heterocycles. The number of rotatable bonds is 3. The van der Waals surface area contributed by atoms with Crippen molar-refractivity contribution in [2.45, 2.75) is 19.8 Å². The van der Waals surface area contributed by atoms with Crippen molar-refractivity contribution < 1.29 is 0 Å². The maximum atomic E-state index is 4.69. The standard InChI is InChI=1S/C18H17N3/c1-13(2)18-20-16(14-8-4-3-5-9-14)12-17(21-18)15-10-6-7-11-19-15/h3-13H,1-2H3. The summed E-state index contributed by atoms with van der Waals surface area (Å²) in [6.07, 6.45) is 1.79. The predicted octanol–water partition coefficient (Wildman–Crippen LogP) is 4.33. The van der Waals surface area contributed by atoms with Gasteiger partial charge in [-0.25, -0.2) is 9.97 Å². The van der Waals surface area contributed by atoms with Gasteiger partial charge in [-0.15, -0.1) is 0 Å². The molecule has 3 rings (SSSR count). The first kappa shape index (κ1) is 13.4. The first-order valence-corrected chi connectivity index (χ1v) is 7.10. The van der Waals surface area contributed by atoms with Gasteiger partial charge in [0.2, 0.25) is 0 Å². The Morgan fingerprint density at radius 1 is 0.762 bits per heavy atom. The quantitative estimate of drug-likeness (QED) is 0.714. The molecule has 0 N–H and O–H groups in total. The van der Waals surface area contributed by atoms with Crippen molar-refractivity contribution in [1.82, 2.24) is 15.0 Å². The van der Waals surface area contributed by atoms with E-state index in [1.165, 1.54) is 0 Å². The molecule has 2 aromatic heterocycles. The van der Waals surface area contributed by atoms with Gasteiger partial charge in [-0.3, -0.25) is 4.98 Å². The normalized spacial score (nSPS) is 10.8. The molecule has 0 unspecified atom stereocenters. The third-order valence-corrected chi connectivity index (χ3v) is 3.26. The van der Waals surface area contributed by atoms with Crippen LogP contribution < -0.4 is 0 Å². The highest BCUT2D eigenvalue weighted by molar-refractivity contribution is 5.65. The fourth-order valence-corrected chi connectivity index (χ4v) is 2.13. The average Bonchev–Trinajstić information content (AvgIpc) is 2.56. The van der Waals surface area contributed by atoms with E-state index in [0.29, 0.717) is 0 Å². The number of nitrogens with zero attached hydrogens (tertiary/aromatic N) is 3. The van der Waals surface area contributed by atoms with Crippen LogP contribution in [0.25, 0.3) is 22.6 Å². The lowest BCUT2D eigenvalue weighted by Gasteiger charge is -2.10. The van der Waals surface area contributed by atoms with Gasteiger partial charge in [0.25, 0.3) is 0 Å². The Bertz CT molecular complexity index is 664. The molecule has 2 heterocycles. The summed E-state index contributed by atoms with van der Waals surface area (Å²) in [4.78, 5) is 13.7. The van der Waals surface area contributed by atoms with Crippen LogP contribution in [0, 0.1) is 0 Å². The second-order valence-electron chi connectivity index (χ2n) is 5.23. The third-order valence-electron chi connectivity index (χ3n) is 3.26. The molecule has 0 aliphatic rings. The van der Waals surface area contributed by atoms with Crippen LogP contribution >= 0.6 is 0 Å². The van der Waals surface area contributed by atoms with Crippen molar-refractivity contribution in [3.05, 3.63) is 66.6 Å². The van der Waals surface area contributed by atoms with Gasteiger partial charge in [-0.1, -0.05) is 50.2 Å². The molecule has 1 aromatic carbocycles. The smallest absolute Gasteiger partial charge is 0.132 e. The van der Waals surface area contributed by atoms with Crippen molar-refractivity contribution in [3.63, 3.8) is 0 Å². The van der Waals surface area contributed by atoms with Gasteiger partial charge in [-0.2, -0.15) is 0 Å². The van der Waals surface area contributed by atoms with Gasteiger partial charge in [0, 0.05) is 17.7 Å². The van der Waals surface area contributed by atoms with E-state index in [9.17, 15) is 0 Å². The molecule has 3 heteroatoms. The van der Waals surface area contributed by atoms with E-state index in [-0.39, 0.29) is 5.92 Å². The molecule has 104 valence electrons. The molecule has 0 saturated carbocycles. The minimum absolute atomic E-state index is 0.274. The second kappa shape index (κ2) is 5.83. The molecular weight excluding hydrogens is 258 g/mol. The first-order chi connectivity index (χ1) is 10.2. The summed E-state index contributed by atoms with van der Waals surface area (Å²) in [7, 11) is 0. The summed E-state index contributed by atoms with van der Waals surface area (Å²) in [5, 5.41) is 0. The summed E-state index contributed by atoms with van der Waals surface area (Å²) in [6.45, 7) is 4.21. The molecule has 3 aromatic rings. The van der Waals surface area contributed by atoms with Crippen molar-refractivity contribution in [2.75, 3.05) is 0 Å². The molecule has 0 atom stereocenters. The van der Waals surface area contributed by atoms with Crippen LogP contribution in [0.3, 0.4) is 0 Å². The van der Waals surface area contributed by atoms with Crippen molar-refractivity contribution in [2.24, 2.45) is 0 Å². The SMILES string of the molecule is CC(C)c1nc(-c2ccccc2)cc(-c2ccccn2)n1. The summed E-state index contributed by atoms with van der Waals surface area (Å²) >= 11 is 0. The Kier molecular flexibility index (Phi) is 3.73. The molecule has 0 saturated heterocycles. The molecule has 0 aliphatic carbocycles. The van der Waals surface area contributed by atoms with Crippen LogP contribution in [0.15, 0.2) is 60.8 Å². The highest BCUT2D eigenvalue weighted by atomic mass is 14.9. The second-order valence-corrected chi connectivity index (χ2v) is 5.23. The fraction of sp³-hybridized carbons (Fsp3) is 0.167. The molecular formula is C18H17N3. The van der Waals surface area contributed by atoms with Crippen LogP contribution in [0.1, 0.15) is 25.6 Å². The molecule has 0 bridgehead atoms. The van der Waals surface area contributed by atoms with E-state index < -0.39 is 0 Å². The van der Waals surface area contributed by atoms with Crippen molar-refractivity contribution >= 4 is 0 Å². The Balaban J connectivity index is 2.16. The summed E-state index contributed by atoms with van der Waals surface area (Å²) < 4.78 is 0. The minimum atomic E-state index is 0.274. The highest BCUT2D eigenvalue weighted by Gasteiger charge is 2.11. The number of benzene rings is 1. The number of hydrogen-bond acceptors (Lipinski definition) is 3. The van der Waals surface area contributed by atoms with Gasteiger partial charge >= 0.3 is 0 Å². The zero-order valence-electron chi connectivity index (χ0n) is 12.2. The van der Waals surface area contributed by atoms with Crippen LogP contribution in [0.5, 0.6) is 0 Å². The largest absolute Gasteiger partial charge is 0.255 e. The minimum Gasteiger partial charge on any atom is -0.255 e. The lowest BCUT2D eigenvalue weighted by atomic mass is 10.1. The van der Waals surface area contributed by atoms with E-state index >= 15 is 0 Å². The maximum Gasteiger partial charge on any atom is 0.132 e. The average molecular weight is 275 g/mol. The Morgan fingerprint density at radius 3 is 2.14 bits per heavy atom. The Hall–Kier alpha value is -2.55. The molecule has 3 nitrogen and oxygen atoms in total. The van der Waals surface area contributed by atoms with E-state index in [4.69, 9.17) is 0 Å². The van der Waals surface area contributed by atoms with E-state index in [1.807, 2.05) is 42.5 Å². The van der Waals surface area contributed by atoms with Crippen molar-refractivity contribution in [1.29, 1.82) is 0 Å². The zero-order chi connectivity index (χ0) is 14.7. The lowest BCUT2D eigenvalue weighted by molar-refractivity contribution is 0.777. The van der Waals surface area contributed by atoms with Crippen LogP contribution in [-0.4, -0.2) is 15.0 Å². The van der Waals surface area contributed by atoms with E-state index in [0.717, 1.165) is 28.5 Å². The number of hydrogen-bond donors (Lipinski definition) is 0. The van der Waals surface area contributed by atoms with Crippen molar-refractivity contribution in [3.8, 4) is 22.6 Å².